The third kappa shape index (κ3) is 4.54. The molecule has 110 valence electrons. The molecule has 2 rings (SSSR count). The van der Waals surface area contributed by atoms with Crippen LogP contribution in [0.15, 0.2) is 35.0 Å². The van der Waals surface area contributed by atoms with Gasteiger partial charge < -0.3 is 10.4 Å². The maximum absolute atomic E-state index is 12.2. The van der Waals surface area contributed by atoms with Gasteiger partial charge in [-0.2, -0.15) is 0 Å². The van der Waals surface area contributed by atoms with E-state index in [0.717, 1.165) is 12.5 Å². The fourth-order valence-electron chi connectivity index (χ4n) is 1.87. The van der Waals surface area contributed by atoms with E-state index in [1.807, 2.05) is 24.4 Å². The van der Waals surface area contributed by atoms with Gasteiger partial charge in [-0.15, -0.1) is 22.7 Å². The lowest BCUT2D eigenvalue weighted by atomic mass is 10.2. The number of carboxylic acids is 1. The van der Waals surface area contributed by atoms with E-state index in [9.17, 15) is 9.59 Å². The summed E-state index contributed by atoms with van der Waals surface area (Å²) in [6, 6.07) is 5.79. The average molecular weight is 321 g/mol. The standard InChI is InChI=1S/C15H15NO3S2/c1-10(9-12-3-2-7-20-12)16-15(19)14-11(6-8-21-14)4-5-13(17)18/h2-8,10H,9H2,1H3,(H,16,19)(H,17,18). The summed E-state index contributed by atoms with van der Waals surface area (Å²) < 4.78 is 0. The first-order chi connectivity index (χ1) is 10.1. The number of hydrogen-bond acceptors (Lipinski definition) is 4. The van der Waals surface area contributed by atoms with Gasteiger partial charge in [-0.1, -0.05) is 6.07 Å². The Balaban J connectivity index is 2.00. The maximum atomic E-state index is 12.2. The predicted molar refractivity (Wildman–Crippen MR) is 85.9 cm³/mol. The van der Waals surface area contributed by atoms with Crippen molar-refractivity contribution in [3.05, 3.63) is 50.4 Å². The van der Waals surface area contributed by atoms with Crippen LogP contribution >= 0.6 is 22.7 Å². The highest BCUT2D eigenvalue weighted by Crippen LogP contribution is 2.19. The largest absolute Gasteiger partial charge is 0.478 e. The highest BCUT2D eigenvalue weighted by molar-refractivity contribution is 7.12. The van der Waals surface area contributed by atoms with Crippen LogP contribution in [0.5, 0.6) is 0 Å². The molecule has 0 aliphatic heterocycles. The van der Waals surface area contributed by atoms with Crippen molar-refractivity contribution in [2.45, 2.75) is 19.4 Å². The van der Waals surface area contributed by atoms with Crippen LogP contribution in [0.3, 0.4) is 0 Å². The minimum Gasteiger partial charge on any atom is -0.478 e. The van der Waals surface area contributed by atoms with Gasteiger partial charge in [-0.3, -0.25) is 4.79 Å². The van der Waals surface area contributed by atoms with Crippen molar-refractivity contribution in [1.82, 2.24) is 5.32 Å². The zero-order valence-electron chi connectivity index (χ0n) is 11.4. The Morgan fingerprint density at radius 1 is 1.33 bits per heavy atom. The van der Waals surface area contributed by atoms with E-state index < -0.39 is 5.97 Å². The van der Waals surface area contributed by atoms with Crippen molar-refractivity contribution in [3.8, 4) is 0 Å². The molecule has 0 bridgehead atoms. The fraction of sp³-hybridized carbons (Fsp3) is 0.200. The zero-order chi connectivity index (χ0) is 15.2. The molecule has 0 saturated carbocycles. The molecule has 2 aromatic heterocycles. The molecule has 0 spiro atoms. The number of nitrogens with one attached hydrogen (secondary N) is 1. The van der Waals surface area contributed by atoms with Crippen LogP contribution in [0, 0.1) is 0 Å². The smallest absolute Gasteiger partial charge is 0.328 e. The molecule has 0 aliphatic rings. The molecule has 1 unspecified atom stereocenters. The van der Waals surface area contributed by atoms with Crippen LogP contribution in [0.25, 0.3) is 6.08 Å². The summed E-state index contributed by atoms with van der Waals surface area (Å²) in [7, 11) is 0. The number of carboxylic acid groups (broad SMARTS) is 1. The second-order valence-corrected chi connectivity index (χ2v) is 6.48. The lowest BCUT2D eigenvalue weighted by Crippen LogP contribution is -2.33. The SMILES string of the molecule is CC(Cc1cccs1)NC(=O)c1sccc1C=CC(=O)O. The van der Waals surface area contributed by atoms with Crippen molar-refractivity contribution in [1.29, 1.82) is 0 Å². The van der Waals surface area contributed by atoms with Gasteiger partial charge in [0.05, 0.1) is 4.88 Å². The van der Waals surface area contributed by atoms with Crippen LogP contribution < -0.4 is 5.32 Å². The quantitative estimate of drug-likeness (QED) is 0.803. The number of carbonyl (C=O) groups is 2. The Morgan fingerprint density at radius 2 is 2.14 bits per heavy atom. The van der Waals surface area contributed by atoms with Crippen molar-refractivity contribution in [2.75, 3.05) is 0 Å². The molecule has 21 heavy (non-hydrogen) atoms. The van der Waals surface area contributed by atoms with Gasteiger partial charge in [0, 0.05) is 23.4 Å². The molecule has 2 heterocycles. The van der Waals surface area contributed by atoms with E-state index in [-0.39, 0.29) is 11.9 Å². The highest BCUT2D eigenvalue weighted by atomic mass is 32.1. The number of hydrogen-bond donors (Lipinski definition) is 2. The highest BCUT2D eigenvalue weighted by Gasteiger charge is 2.14. The van der Waals surface area contributed by atoms with E-state index in [1.165, 1.54) is 22.3 Å². The number of thiophene rings is 2. The molecule has 2 aromatic rings. The van der Waals surface area contributed by atoms with E-state index in [0.29, 0.717) is 10.4 Å². The van der Waals surface area contributed by atoms with Gasteiger partial charge in [-0.05, 0) is 41.5 Å². The van der Waals surface area contributed by atoms with E-state index in [1.54, 1.807) is 22.8 Å². The summed E-state index contributed by atoms with van der Waals surface area (Å²) >= 11 is 2.97. The van der Waals surface area contributed by atoms with E-state index >= 15 is 0 Å². The molecule has 4 nitrogen and oxygen atoms in total. The van der Waals surface area contributed by atoms with Crippen LogP contribution in [-0.2, 0) is 11.2 Å². The third-order valence-corrected chi connectivity index (χ3v) is 4.60. The molecular formula is C15H15NO3S2. The van der Waals surface area contributed by atoms with Crippen LogP contribution in [0.4, 0.5) is 0 Å². The molecule has 0 radical (unpaired) electrons. The first-order valence-corrected chi connectivity index (χ1v) is 8.14. The summed E-state index contributed by atoms with van der Waals surface area (Å²) in [6.45, 7) is 1.96. The first-order valence-electron chi connectivity index (χ1n) is 6.38. The Morgan fingerprint density at radius 3 is 2.81 bits per heavy atom. The number of carbonyl (C=O) groups excluding carboxylic acids is 1. The topological polar surface area (TPSA) is 66.4 Å². The van der Waals surface area contributed by atoms with Gasteiger partial charge in [-0.25, -0.2) is 4.79 Å². The minimum absolute atomic E-state index is 0.0227. The van der Waals surface area contributed by atoms with E-state index in [4.69, 9.17) is 5.11 Å². The summed E-state index contributed by atoms with van der Waals surface area (Å²) in [6.07, 6.45) is 3.26. The molecule has 0 saturated heterocycles. The first kappa shape index (κ1) is 15.5. The van der Waals surface area contributed by atoms with Crippen LogP contribution in [0.1, 0.15) is 27.0 Å². The molecule has 1 atom stereocenters. The Bertz CT molecular complexity index is 644. The second kappa shape index (κ2) is 7.19. The molecule has 0 aliphatic carbocycles. The minimum atomic E-state index is -1.03. The summed E-state index contributed by atoms with van der Waals surface area (Å²) in [5, 5.41) is 15.4. The van der Waals surface area contributed by atoms with Crippen LogP contribution in [0.2, 0.25) is 0 Å². The fourth-order valence-corrected chi connectivity index (χ4v) is 3.49. The summed E-state index contributed by atoms with van der Waals surface area (Å²) in [5.41, 5.74) is 0.628. The van der Waals surface area contributed by atoms with Crippen LogP contribution in [-0.4, -0.2) is 23.0 Å². The van der Waals surface area contributed by atoms with Crippen molar-refractivity contribution >= 4 is 40.6 Å². The summed E-state index contributed by atoms with van der Waals surface area (Å²) in [5.74, 6) is -1.20. The molecule has 6 heteroatoms. The normalized spacial score (nSPS) is 12.4. The Hall–Kier alpha value is -1.92. The maximum Gasteiger partial charge on any atom is 0.328 e. The lowest BCUT2D eigenvalue weighted by Gasteiger charge is -2.12. The van der Waals surface area contributed by atoms with Gasteiger partial charge in [0.15, 0.2) is 0 Å². The van der Waals surface area contributed by atoms with Gasteiger partial charge in [0.1, 0.15) is 0 Å². The van der Waals surface area contributed by atoms with Gasteiger partial charge >= 0.3 is 5.97 Å². The second-order valence-electron chi connectivity index (χ2n) is 4.53. The molecule has 2 N–H and O–H groups in total. The van der Waals surface area contributed by atoms with Crippen molar-refractivity contribution in [2.24, 2.45) is 0 Å². The Labute approximate surface area is 130 Å². The lowest BCUT2D eigenvalue weighted by molar-refractivity contribution is -0.131. The number of aliphatic carboxylic acids is 1. The van der Waals surface area contributed by atoms with Crippen molar-refractivity contribution in [3.63, 3.8) is 0 Å². The van der Waals surface area contributed by atoms with Gasteiger partial charge in [0.25, 0.3) is 5.91 Å². The molecule has 0 aromatic carbocycles. The number of amides is 1. The van der Waals surface area contributed by atoms with Crippen molar-refractivity contribution < 1.29 is 14.7 Å². The molecule has 1 amide bonds. The zero-order valence-corrected chi connectivity index (χ0v) is 13.0. The third-order valence-electron chi connectivity index (χ3n) is 2.77. The Kier molecular flexibility index (Phi) is 5.30. The monoisotopic (exact) mass is 321 g/mol. The number of rotatable bonds is 6. The average Bonchev–Trinajstić information content (AvgIpc) is 3.06. The van der Waals surface area contributed by atoms with Gasteiger partial charge in [0.2, 0.25) is 0 Å². The molecular weight excluding hydrogens is 306 g/mol. The predicted octanol–water partition coefficient (Wildman–Crippen LogP) is 3.27. The summed E-state index contributed by atoms with van der Waals surface area (Å²) in [4.78, 5) is 24.5. The molecule has 0 fully saturated rings. The van der Waals surface area contributed by atoms with E-state index in [2.05, 4.69) is 5.32 Å².